The first kappa shape index (κ1) is 12.0. The largest absolute Gasteiger partial charge is 0.299 e. The van der Waals surface area contributed by atoms with Crippen molar-refractivity contribution in [3.05, 3.63) is 48.1 Å². The van der Waals surface area contributed by atoms with Crippen LogP contribution in [0.4, 0.5) is 0 Å². The van der Waals surface area contributed by atoms with Gasteiger partial charge in [-0.3, -0.25) is 4.90 Å². The standard InChI is InChI=1S/C14H21N/c1-6-8-11(2)13-9-7-10-14(12(13)3)15(4)5/h7,9-10,14H,2-3,6,8H2,1,4-5H3. The van der Waals surface area contributed by atoms with Crippen LogP contribution in [0.3, 0.4) is 0 Å². The van der Waals surface area contributed by atoms with Crippen molar-refractivity contribution in [2.75, 3.05) is 14.1 Å². The Morgan fingerprint density at radius 2 is 2.13 bits per heavy atom. The molecule has 0 aromatic rings. The molecule has 82 valence electrons. The predicted molar refractivity (Wildman–Crippen MR) is 67.9 cm³/mol. The van der Waals surface area contributed by atoms with Gasteiger partial charge in [0.15, 0.2) is 0 Å². The van der Waals surface area contributed by atoms with E-state index in [-0.39, 0.29) is 0 Å². The van der Waals surface area contributed by atoms with Crippen LogP contribution in [0.1, 0.15) is 19.8 Å². The third-order valence-corrected chi connectivity index (χ3v) is 2.75. The Balaban J connectivity index is 2.84. The fourth-order valence-corrected chi connectivity index (χ4v) is 1.90. The molecule has 1 atom stereocenters. The zero-order valence-electron chi connectivity index (χ0n) is 10.1. The van der Waals surface area contributed by atoms with Gasteiger partial charge in [0.2, 0.25) is 0 Å². The van der Waals surface area contributed by atoms with Gasteiger partial charge in [0.25, 0.3) is 0 Å². The summed E-state index contributed by atoms with van der Waals surface area (Å²) >= 11 is 0. The molecule has 0 spiro atoms. The second-order valence-electron chi connectivity index (χ2n) is 4.25. The van der Waals surface area contributed by atoms with Crippen LogP contribution in [-0.4, -0.2) is 25.0 Å². The summed E-state index contributed by atoms with van der Waals surface area (Å²) in [5.41, 5.74) is 3.61. The van der Waals surface area contributed by atoms with Crippen molar-refractivity contribution in [1.29, 1.82) is 0 Å². The van der Waals surface area contributed by atoms with Crippen molar-refractivity contribution in [1.82, 2.24) is 4.90 Å². The van der Waals surface area contributed by atoms with Crippen LogP contribution >= 0.6 is 0 Å². The van der Waals surface area contributed by atoms with E-state index in [0.29, 0.717) is 6.04 Å². The molecule has 0 aromatic heterocycles. The van der Waals surface area contributed by atoms with E-state index < -0.39 is 0 Å². The Hall–Kier alpha value is -1.08. The van der Waals surface area contributed by atoms with Crippen molar-refractivity contribution >= 4 is 0 Å². The SMILES string of the molecule is C=C(CCC)C1=CC=CC(N(C)C)C1=C. The van der Waals surface area contributed by atoms with E-state index in [1.54, 1.807) is 0 Å². The van der Waals surface area contributed by atoms with Crippen LogP contribution in [0.5, 0.6) is 0 Å². The van der Waals surface area contributed by atoms with Gasteiger partial charge in [-0.2, -0.15) is 0 Å². The molecule has 0 N–H and O–H groups in total. The summed E-state index contributed by atoms with van der Waals surface area (Å²) in [7, 11) is 4.15. The molecule has 1 rings (SSSR count). The molecule has 0 aliphatic heterocycles. The summed E-state index contributed by atoms with van der Waals surface area (Å²) in [4.78, 5) is 2.17. The van der Waals surface area contributed by atoms with E-state index in [1.807, 2.05) is 0 Å². The third-order valence-electron chi connectivity index (χ3n) is 2.75. The third kappa shape index (κ3) is 2.69. The molecule has 1 aliphatic carbocycles. The number of rotatable bonds is 4. The van der Waals surface area contributed by atoms with E-state index in [2.05, 4.69) is 57.3 Å². The monoisotopic (exact) mass is 203 g/mol. The highest BCUT2D eigenvalue weighted by Crippen LogP contribution is 2.28. The lowest BCUT2D eigenvalue weighted by atomic mass is 9.88. The summed E-state index contributed by atoms with van der Waals surface area (Å²) in [6, 6.07) is 0.318. The minimum atomic E-state index is 0.318. The Morgan fingerprint density at radius 3 is 2.67 bits per heavy atom. The summed E-state index contributed by atoms with van der Waals surface area (Å²) in [6.45, 7) is 10.5. The van der Waals surface area contributed by atoms with Crippen molar-refractivity contribution in [2.24, 2.45) is 0 Å². The predicted octanol–water partition coefficient (Wildman–Crippen LogP) is 3.33. The van der Waals surface area contributed by atoms with Gasteiger partial charge in [0.1, 0.15) is 0 Å². The normalized spacial score (nSPS) is 20.7. The quantitative estimate of drug-likeness (QED) is 0.677. The van der Waals surface area contributed by atoms with E-state index in [9.17, 15) is 0 Å². The topological polar surface area (TPSA) is 3.24 Å². The van der Waals surface area contributed by atoms with Crippen LogP contribution in [0.15, 0.2) is 48.1 Å². The Kier molecular flexibility index (Phi) is 4.10. The van der Waals surface area contributed by atoms with Crippen molar-refractivity contribution in [2.45, 2.75) is 25.8 Å². The van der Waals surface area contributed by atoms with Gasteiger partial charge in [-0.05, 0) is 37.2 Å². The average molecular weight is 203 g/mol. The fourth-order valence-electron chi connectivity index (χ4n) is 1.90. The number of hydrogen-bond donors (Lipinski definition) is 0. The van der Waals surface area contributed by atoms with Gasteiger partial charge < -0.3 is 0 Å². The minimum Gasteiger partial charge on any atom is -0.299 e. The minimum absolute atomic E-state index is 0.318. The Labute approximate surface area is 93.5 Å². The molecule has 0 radical (unpaired) electrons. The summed E-state index contributed by atoms with van der Waals surface area (Å²) < 4.78 is 0. The van der Waals surface area contributed by atoms with Crippen LogP contribution in [0, 0.1) is 0 Å². The summed E-state index contributed by atoms with van der Waals surface area (Å²) in [6.07, 6.45) is 8.60. The van der Waals surface area contributed by atoms with E-state index in [1.165, 1.54) is 16.7 Å². The van der Waals surface area contributed by atoms with Crippen LogP contribution in [-0.2, 0) is 0 Å². The van der Waals surface area contributed by atoms with Gasteiger partial charge >= 0.3 is 0 Å². The molecule has 1 nitrogen and oxygen atoms in total. The lowest BCUT2D eigenvalue weighted by Crippen LogP contribution is -2.29. The smallest absolute Gasteiger partial charge is 0.0529 e. The lowest BCUT2D eigenvalue weighted by molar-refractivity contribution is 0.380. The summed E-state index contributed by atoms with van der Waals surface area (Å²) in [5.74, 6) is 0. The first-order valence-electron chi connectivity index (χ1n) is 5.50. The Bertz CT molecular complexity index is 318. The molecule has 1 unspecified atom stereocenters. The molecule has 1 aliphatic rings. The van der Waals surface area contributed by atoms with E-state index in [0.717, 1.165) is 12.8 Å². The molecule has 0 heterocycles. The first-order valence-corrected chi connectivity index (χ1v) is 5.50. The zero-order chi connectivity index (χ0) is 11.4. The van der Waals surface area contributed by atoms with Crippen molar-refractivity contribution in [3.8, 4) is 0 Å². The van der Waals surface area contributed by atoms with Gasteiger partial charge in [-0.1, -0.05) is 44.7 Å². The molecule has 15 heavy (non-hydrogen) atoms. The van der Waals surface area contributed by atoms with E-state index >= 15 is 0 Å². The van der Waals surface area contributed by atoms with Crippen LogP contribution < -0.4 is 0 Å². The zero-order valence-corrected chi connectivity index (χ0v) is 10.1. The van der Waals surface area contributed by atoms with Gasteiger partial charge in [0.05, 0.1) is 6.04 Å². The highest BCUT2D eigenvalue weighted by Gasteiger charge is 2.18. The first-order chi connectivity index (χ1) is 7.07. The molecule has 0 saturated heterocycles. The van der Waals surface area contributed by atoms with Crippen molar-refractivity contribution in [3.63, 3.8) is 0 Å². The fraction of sp³-hybridized carbons (Fsp3) is 0.429. The molecule has 1 heteroatoms. The Morgan fingerprint density at radius 1 is 1.47 bits per heavy atom. The average Bonchev–Trinajstić information content (AvgIpc) is 2.17. The van der Waals surface area contributed by atoms with Crippen LogP contribution in [0.2, 0.25) is 0 Å². The van der Waals surface area contributed by atoms with Crippen LogP contribution in [0.25, 0.3) is 0 Å². The molecule has 0 bridgehead atoms. The molecule has 0 aromatic carbocycles. The second kappa shape index (κ2) is 5.13. The van der Waals surface area contributed by atoms with Gasteiger partial charge in [-0.25, -0.2) is 0 Å². The highest BCUT2D eigenvalue weighted by molar-refractivity contribution is 5.52. The highest BCUT2D eigenvalue weighted by atomic mass is 15.1. The molecule has 0 fully saturated rings. The van der Waals surface area contributed by atoms with E-state index in [4.69, 9.17) is 0 Å². The molecular formula is C14H21N. The molecular weight excluding hydrogens is 182 g/mol. The molecule has 0 saturated carbocycles. The lowest BCUT2D eigenvalue weighted by Gasteiger charge is -2.28. The summed E-state index contributed by atoms with van der Waals surface area (Å²) in [5, 5.41) is 0. The number of allylic oxidation sites excluding steroid dienone is 3. The number of nitrogens with zero attached hydrogens (tertiary/aromatic N) is 1. The van der Waals surface area contributed by atoms with Crippen molar-refractivity contribution < 1.29 is 0 Å². The number of likely N-dealkylation sites (N-methyl/N-ethyl adjacent to an activating group) is 1. The maximum absolute atomic E-state index is 4.18. The number of hydrogen-bond acceptors (Lipinski definition) is 1. The van der Waals surface area contributed by atoms with Gasteiger partial charge in [0, 0.05) is 0 Å². The molecule has 0 amide bonds. The van der Waals surface area contributed by atoms with Gasteiger partial charge in [-0.15, -0.1) is 0 Å². The maximum Gasteiger partial charge on any atom is 0.0529 e. The maximum atomic E-state index is 4.18. The second-order valence-corrected chi connectivity index (χ2v) is 4.25.